The molecule has 1 unspecified atom stereocenters. The smallest absolute Gasteiger partial charge is 0.305 e. The van der Waals surface area contributed by atoms with Crippen molar-refractivity contribution < 1.29 is 19.4 Å². The average Bonchev–Trinajstić information content (AvgIpc) is 2.63. The Kier molecular flexibility index (Phi) is 4.73. The molecule has 0 radical (unpaired) electrons. The van der Waals surface area contributed by atoms with Gasteiger partial charge in [-0.25, -0.2) is 0 Å². The summed E-state index contributed by atoms with van der Waals surface area (Å²) in [4.78, 5) is 10.8. The number of carboxylic acids is 1. The molecular formula is C14H18ClNO4. The number of nitrogens with two attached hydrogens (primary N) is 1. The number of carboxylic acid groups (broad SMARTS) is 1. The van der Waals surface area contributed by atoms with Gasteiger partial charge < -0.3 is 20.3 Å². The highest BCUT2D eigenvalue weighted by molar-refractivity contribution is 6.32. The minimum absolute atomic E-state index is 0.150. The maximum Gasteiger partial charge on any atom is 0.305 e. The van der Waals surface area contributed by atoms with Gasteiger partial charge in [-0.15, -0.1) is 0 Å². The van der Waals surface area contributed by atoms with Crippen LogP contribution in [0.4, 0.5) is 0 Å². The van der Waals surface area contributed by atoms with Crippen molar-refractivity contribution in [3.8, 4) is 11.5 Å². The van der Waals surface area contributed by atoms with E-state index in [1.165, 1.54) is 0 Å². The minimum atomic E-state index is -0.942. The Morgan fingerprint density at radius 1 is 1.45 bits per heavy atom. The Bertz CT molecular complexity index is 518. The van der Waals surface area contributed by atoms with Gasteiger partial charge in [-0.2, -0.15) is 0 Å². The second kappa shape index (κ2) is 6.33. The fraction of sp³-hybridized carbons (Fsp3) is 0.500. The molecule has 0 spiro atoms. The average molecular weight is 300 g/mol. The van der Waals surface area contributed by atoms with E-state index in [-0.39, 0.29) is 6.42 Å². The van der Waals surface area contributed by atoms with E-state index in [0.29, 0.717) is 41.7 Å². The van der Waals surface area contributed by atoms with Gasteiger partial charge in [0.2, 0.25) is 0 Å². The molecule has 0 amide bonds. The number of carbonyl (C=O) groups is 1. The quantitative estimate of drug-likeness (QED) is 0.893. The van der Waals surface area contributed by atoms with Crippen molar-refractivity contribution >= 4 is 17.6 Å². The van der Waals surface area contributed by atoms with Gasteiger partial charge in [0.05, 0.1) is 24.7 Å². The normalized spacial score (nSPS) is 15.6. The third kappa shape index (κ3) is 2.99. The molecule has 0 aliphatic carbocycles. The molecule has 0 bridgehead atoms. The van der Waals surface area contributed by atoms with Gasteiger partial charge in [-0.05, 0) is 18.1 Å². The van der Waals surface area contributed by atoms with E-state index in [1.807, 2.05) is 6.92 Å². The van der Waals surface area contributed by atoms with Crippen LogP contribution in [0.15, 0.2) is 6.07 Å². The van der Waals surface area contributed by atoms with E-state index in [0.717, 1.165) is 12.0 Å². The van der Waals surface area contributed by atoms with Crippen molar-refractivity contribution in [3.05, 3.63) is 22.2 Å². The highest BCUT2D eigenvalue weighted by Gasteiger charge is 2.24. The first-order valence-electron chi connectivity index (χ1n) is 6.62. The molecule has 0 fully saturated rings. The zero-order valence-corrected chi connectivity index (χ0v) is 12.1. The summed E-state index contributed by atoms with van der Waals surface area (Å²) >= 11 is 6.22. The van der Waals surface area contributed by atoms with Gasteiger partial charge in [-0.3, -0.25) is 4.79 Å². The van der Waals surface area contributed by atoms with Gasteiger partial charge in [0.25, 0.3) is 0 Å². The summed E-state index contributed by atoms with van der Waals surface area (Å²) in [5, 5.41) is 9.30. The Morgan fingerprint density at radius 3 is 2.70 bits per heavy atom. The van der Waals surface area contributed by atoms with Crippen LogP contribution in [0.5, 0.6) is 11.5 Å². The van der Waals surface area contributed by atoms with Crippen LogP contribution in [-0.2, 0) is 11.2 Å². The lowest BCUT2D eigenvalue weighted by atomic mass is 9.95. The number of fused-ring (bicyclic) bond motifs is 1. The van der Waals surface area contributed by atoms with Gasteiger partial charge in [0.1, 0.15) is 0 Å². The fourth-order valence-electron chi connectivity index (χ4n) is 2.35. The van der Waals surface area contributed by atoms with Crippen LogP contribution in [0.25, 0.3) is 0 Å². The highest BCUT2D eigenvalue weighted by atomic mass is 35.5. The van der Waals surface area contributed by atoms with E-state index >= 15 is 0 Å². The fourth-order valence-corrected chi connectivity index (χ4v) is 2.61. The molecule has 1 aromatic carbocycles. The molecule has 110 valence electrons. The van der Waals surface area contributed by atoms with Crippen LogP contribution in [0.2, 0.25) is 5.02 Å². The first-order valence-corrected chi connectivity index (χ1v) is 7.00. The molecular weight excluding hydrogens is 282 g/mol. The van der Waals surface area contributed by atoms with E-state index in [2.05, 4.69) is 0 Å². The van der Waals surface area contributed by atoms with Crippen LogP contribution in [0.1, 0.15) is 36.9 Å². The Morgan fingerprint density at radius 2 is 2.10 bits per heavy atom. The summed E-state index contributed by atoms with van der Waals surface area (Å²) in [6, 6.07) is 1.08. The standard InChI is InChI=1S/C14H18ClNO4/c1-2-8-9(11(16)7-12(17)18)6-10(15)14-13(8)19-4-3-5-20-14/h6,11H,2-5,7,16H2,1H3,(H,17,18). The zero-order chi connectivity index (χ0) is 14.7. The van der Waals surface area contributed by atoms with E-state index < -0.39 is 12.0 Å². The van der Waals surface area contributed by atoms with Crippen LogP contribution >= 0.6 is 11.6 Å². The number of hydrogen-bond acceptors (Lipinski definition) is 4. The topological polar surface area (TPSA) is 81.8 Å². The largest absolute Gasteiger partial charge is 0.489 e. The van der Waals surface area contributed by atoms with Gasteiger partial charge in [0.15, 0.2) is 11.5 Å². The van der Waals surface area contributed by atoms with Crippen LogP contribution in [-0.4, -0.2) is 24.3 Å². The van der Waals surface area contributed by atoms with Crippen LogP contribution in [0, 0.1) is 0 Å². The summed E-state index contributed by atoms with van der Waals surface area (Å²) in [5.74, 6) is 0.198. The predicted octanol–water partition coefficient (Wildman–Crippen LogP) is 2.54. The van der Waals surface area contributed by atoms with Gasteiger partial charge in [0, 0.05) is 18.0 Å². The molecule has 1 atom stereocenters. The molecule has 0 saturated carbocycles. The Hall–Kier alpha value is -1.46. The third-order valence-electron chi connectivity index (χ3n) is 3.26. The first kappa shape index (κ1) is 14.9. The molecule has 3 N–H and O–H groups in total. The molecule has 0 saturated heterocycles. The van der Waals surface area contributed by atoms with E-state index in [9.17, 15) is 4.79 Å². The zero-order valence-electron chi connectivity index (χ0n) is 11.3. The molecule has 20 heavy (non-hydrogen) atoms. The summed E-state index contributed by atoms with van der Waals surface area (Å²) in [7, 11) is 0. The minimum Gasteiger partial charge on any atom is -0.489 e. The molecule has 1 aliphatic heterocycles. The van der Waals surface area contributed by atoms with Gasteiger partial charge >= 0.3 is 5.97 Å². The van der Waals surface area contributed by atoms with Crippen molar-refractivity contribution in [1.29, 1.82) is 0 Å². The third-order valence-corrected chi connectivity index (χ3v) is 3.54. The lowest BCUT2D eigenvalue weighted by Crippen LogP contribution is -2.17. The SMILES string of the molecule is CCc1c(C(N)CC(=O)O)cc(Cl)c2c1OCCCO2. The summed E-state index contributed by atoms with van der Waals surface area (Å²) < 4.78 is 11.4. The molecule has 1 heterocycles. The summed E-state index contributed by atoms with van der Waals surface area (Å²) in [6.07, 6.45) is 1.30. The van der Waals surface area contributed by atoms with Crippen molar-refractivity contribution in [1.82, 2.24) is 0 Å². The Labute approximate surface area is 122 Å². The van der Waals surface area contributed by atoms with E-state index in [1.54, 1.807) is 6.07 Å². The second-order valence-corrected chi connectivity index (χ2v) is 5.10. The maximum atomic E-state index is 10.8. The molecule has 1 aromatic rings. The summed E-state index contributed by atoms with van der Waals surface area (Å²) in [6.45, 7) is 3.07. The van der Waals surface area contributed by atoms with Crippen molar-refractivity contribution in [2.24, 2.45) is 5.73 Å². The monoisotopic (exact) mass is 299 g/mol. The highest BCUT2D eigenvalue weighted by Crippen LogP contribution is 2.43. The second-order valence-electron chi connectivity index (χ2n) is 4.69. The molecule has 6 heteroatoms. The lowest BCUT2D eigenvalue weighted by Gasteiger charge is -2.20. The molecule has 5 nitrogen and oxygen atoms in total. The van der Waals surface area contributed by atoms with Crippen LogP contribution in [0.3, 0.4) is 0 Å². The number of benzene rings is 1. The van der Waals surface area contributed by atoms with Crippen molar-refractivity contribution in [2.75, 3.05) is 13.2 Å². The maximum absolute atomic E-state index is 10.8. The number of hydrogen-bond donors (Lipinski definition) is 2. The van der Waals surface area contributed by atoms with E-state index in [4.69, 9.17) is 31.9 Å². The van der Waals surface area contributed by atoms with Crippen molar-refractivity contribution in [2.45, 2.75) is 32.2 Å². The predicted molar refractivity (Wildman–Crippen MR) is 75.6 cm³/mol. The molecule has 0 aromatic heterocycles. The summed E-state index contributed by atoms with van der Waals surface area (Å²) in [5.41, 5.74) is 7.56. The van der Waals surface area contributed by atoms with Gasteiger partial charge in [-0.1, -0.05) is 18.5 Å². The number of ether oxygens (including phenoxy) is 2. The van der Waals surface area contributed by atoms with Crippen LogP contribution < -0.4 is 15.2 Å². The van der Waals surface area contributed by atoms with Crippen molar-refractivity contribution in [3.63, 3.8) is 0 Å². The molecule has 2 rings (SSSR count). The number of aliphatic carboxylic acids is 1. The number of halogens is 1. The Balaban J connectivity index is 2.50. The molecule has 1 aliphatic rings. The lowest BCUT2D eigenvalue weighted by molar-refractivity contribution is -0.137. The number of rotatable bonds is 4. The first-order chi connectivity index (χ1) is 9.54.